The largest absolute Gasteiger partial charge is 0.362 e. The monoisotopic (exact) mass is 395 g/mol. The number of hydrogen-bond acceptors (Lipinski definition) is 4. The summed E-state index contributed by atoms with van der Waals surface area (Å²) in [5, 5.41) is 4.01. The molecule has 1 aromatic carbocycles. The minimum atomic E-state index is -0.274. The zero-order valence-corrected chi connectivity index (χ0v) is 16.1. The number of aromatic amines is 1. The van der Waals surface area contributed by atoms with Gasteiger partial charge >= 0.3 is 5.69 Å². The van der Waals surface area contributed by atoms with Crippen molar-refractivity contribution < 1.29 is 0 Å². The van der Waals surface area contributed by atoms with Gasteiger partial charge in [0.1, 0.15) is 17.8 Å². The van der Waals surface area contributed by atoms with E-state index in [1.807, 2.05) is 55.5 Å². The van der Waals surface area contributed by atoms with Gasteiger partial charge in [-0.05, 0) is 37.3 Å². The molecule has 4 aromatic heterocycles. The fourth-order valence-electron chi connectivity index (χ4n) is 3.70. The molecular weight excluding hydrogens is 378 g/mol. The Bertz CT molecular complexity index is 1470. The van der Waals surface area contributed by atoms with E-state index in [1.54, 1.807) is 21.4 Å². The van der Waals surface area contributed by atoms with E-state index < -0.39 is 0 Å². The van der Waals surface area contributed by atoms with E-state index in [1.165, 1.54) is 6.33 Å². The van der Waals surface area contributed by atoms with E-state index in [0.29, 0.717) is 22.5 Å². The maximum Gasteiger partial charge on any atom is 0.337 e. The maximum absolute atomic E-state index is 13.3. The second-order valence-electron chi connectivity index (χ2n) is 6.92. The van der Waals surface area contributed by atoms with Crippen molar-refractivity contribution in [2.45, 2.75) is 13.0 Å². The SMILES string of the molecule is [C-]#[N+]c1c[nH]c2ncnc(NC(C)c3cc4cccn4c(=O)n3-c3ccccc3)c12. The molecule has 0 spiro atoms. The third-order valence-electron chi connectivity index (χ3n) is 5.11. The molecule has 1 unspecified atom stereocenters. The van der Waals surface area contributed by atoms with Gasteiger partial charge in [-0.25, -0.2) is 19.6 Å². The average Bonchev–Trinajstić information content (AvgIpc) is 3.41. The third-order valence-corrected chi connectivity index (χ3v) is 5.11. The number of H-pyrrole nitrogens is 1. The van der Waals surface area contributed by atoms with Crippen molar-refractivity contribution >= 4 is 28.1 Å². The lowest BCUT2D eigenvalue weighted by Crippen LogP contribution is -2.29. The van der Waals surface area contributed by atoms with Crippen LogP contribution in [0.1, 0.15) is 18.7 Å². The molecule has 5 rings (SSSR count). The first kappa shape index (κ1) is 17.7. The highest BCUT2D eigenvalue weighted by atomic mass is 16.1. The number of anilines is 1. The quantitative estimate of drug-likeness (QED) is 0.449. The van der Waals surface area contributed by atoms with Gasteiger partial charge in [0.15, 0.2) is 0 Å². The van der Waals surface area contributed by atoms with E-state index in [4.69, 9.17) is 6.57 Å². The van der Waals surface area contributed by atoms with Crippen LogP contribution in [0.5, 0.6) is 0 Å². The fraction of sp³-hybridized carbons (Fsp3) is 0.0909. The number of hydrogen-bond donors (Lipinski definition) is 2. The summed E-state index contributed by atoms with van der Waals surface area (Å²) < 4.78 is 3.31. The molecule has 0 radical (unpaired) electrons. The van der Waals surface area contributed by atoms with E-state index in [-0.39, 0.29) is 11.7 Å². The first-order chi connectivity index (χ1) is 14.7. The Morgan fingerprint density at radius 2 is 2.00 bits per heavy atom. The Balaban J connectivity index is 1.68. The number of aromatic nitrogens is 5. The Labute approximate surface area is 171 Å². The molecule has 0 aliphatic heterocycles. The second kappa shape index (κ2) is 6.90. The van der Waals surface area contributed by atoms with Gasteiger partial charge in [0.2, 0.25) is 5.69 Å². The second-order valence-corrected chi connectivity index (χ2v) is 6.92. The molecule has 146 valence electrons. The van der Waals surface area contributed by atoms with Crippen LogP contribution in [0.15, 0.2) is 72.0 Å². The molecule has 30 heavy (non-hydrogen) atoms. The van der Waals surface area contributed by atoms with Crippen LogP contribution in [-0.4, -0.2) is 23.9 Å². The number of nitrogens with zero attached hydrogens (tertiary/aromatic N) is 5. The van der Waals surface area contributed by atoms with Gasteiger partial charge in [0, 0.05) is 12.4 Å². The summed E-state index contributed by atoms with van der Waals surface area (Å²) in [7, 11) is 0. The number of fused-ring (bicyclic) bond motifs is 2. The van der Waals surface area contributed by atoms with Crippen molar-refractivity contribution in [2.75, 3.05) is 5.32 Å². The lowest BCUT2D eigenvalue weighted by Gasteiger charge is -2.21. The van der Waals surface area contributed by atoms with Crippen LogP contribution in [0.2, 0.25) is 0 Å². The molecule has 8 nitrogen and oxygen atoms in total. The van der Waals surface area contributed by atoms with Gasteiger partial charge in [0.05, 0.1) is 34.9 Å². The molecule has 0 aliphatic rings. The molecule has 2 N–H and O–H groups in total. The van der Waals surface area contributed by atoms with Gasteiger partial charge in [-0.2, -0.15) is 0 Å². The standard InChI is InChI=1S/C22H17N7O/c1-14(27-21-19-17(23-2)12-24-20(19)25-13-26-21)18-11-16-9-6-10-28(16)22(30)29(18)15-7-4-3-5-8-15/h3-14H,1H3,(H2,24,25,26,27). The molecule has 8 heteroatoms. The lowest BCUT2D eigenvalue weighted by atomic mass is 10.1. The van der Waals surface area contributed by atoms with Gasteiger partial charge in [-0.15, -0.1) is 0 Å². The third kappa shape index (κ3) is 2.72. The number of para-hydroxylation sites is 1. The van der Waals surface area contributed by atoms with E-state index in [9.17, 15) is 4.79 Å². The van der Waals surface area contributed by atoms with Crippen LogP contribution in [0.3, 0.4) is 0 Å². The summed E-state index contributed by atoms with van der Waals surface area (Å²) in [6.07, 6.45) is 4.83. The molecule has 5 aromatic rings. The molecule has 0 fully saturated rings. The molecule has 0 bridgehead atoms. The van der Waals surface area contributed by atoms with Crippen LogP contribution in [-0.2, 0) is 0 Å². The van der Waals surface area contributed by atoms with Gasteiger partial charge < -0.3 is 10.3 Å². The van der Waals surface area contributed by atoms with Gasteiger partial charge in [0.25, 0.3) is 0 Å². The molecule has 0 saturated heterocycles. The van der Waals surface area contributed by atoms with Crippen molar-refractivity contribution in [3.05, 3.63) is 94.8 Å². The van der Waals surface area contributed by atoms with Gasteiger partial charge in [-0.1, -0.05) is 18.2 Å². The topological polar surface area (TPSA) is 84.4 Å². The molecule has 0 amide bonds. The smallest absolute Gasteiger partial charge is 0.337 e. The number of benzene rings is 1. The summed E-state index contributed by atoms with van der Waals surface area (Å²) in [5.74, 6) is 0.544. The highest BCUT2D eigenvalue weighted by Crippen LogP contribution is 2.32. The Kier molecular flexibility index (Phi) is 4.07. The highest BCUT2D eigenvalue weighted by molar-refractivity contribution is 5.98. The van der Waals surface area contributed by atoms with Gasteiger partial charge in [-0.3, -0.25) is 8.97 Å². The van der Waals surface area contributed by atoms with Crippen molar-refractivity contribution in [3.63, 3.8) is 0 Å². The molecule has 1 atom stereocenters. The van der Waals surface area contributed by atoms with E-state index in [2.05, 4.69) is 25.1 Å². The Morgan fingerprint density at radius 3 is 2.80 bits per heavy atom. The van der Waals surface area contributed by atoms with Crippen LogP contribution < -0.4 is 11.0 Å². The molecule has 4 heterocycles. The van der Waals surface area contributed by atoms with Crippen LogP contribution in [0, 0.1) is 6.57 Å². The fourth-order valence-corrected chi connectivity index (χ4v) is 3.70. The van der Waals surface area contributed by atoms with E-state index >= 15 is 0 Å². The van der Waals surface area contributed by atoms with E-state index in [0.717, 1.165) is 16.9 Å². The summed E-state index contributed by atoms with van der Waals surface area (Å²) >= 11 is 0. The lowest BCUT2D eigenvalue weighted by molar-refractivity contribution is 0.741. The maximum atomic E-state index is 13.3. The zero-order valence-electron chi connectivity index (χ0n) is 16.1. The minimum Gasteiger partial charge on any atom is -0.362 e. The average molecular weight is 395 g/mol. The summed E-state index contributed by atoms with van der Waals surface area (Å²) in [6.45, 7) is 9.37. The van der Waals surface area contributed by atoms with Crippen molar-refractivity contribution in [1.82, 2.24) is 23.9 Å². The van der Waals surface area contributed by atoms with Crippen molar-refractivity contribution in [2.24, 2.45) is 0 Å². The minimum absolute atomic E-state index is 0.149. The predicted octanol–water partition coefficient (Wildman–Crippen LogP) is 4.09. The molecule has 0 saturated carbocycles. The van der Waals surface area contributed by atoms with Crippen molar-refractivity contribution in [3.8, 4) is 5.69 Å². The van der Waals surface area contributed by atoms with Crippen molar-refractivity contribution in [1.29, 1.82) is 0 Å². The first-order valence-corrected chi connectivity index (χ1v) is 9.42. The van der Waals surface area contributed by atoms with Crippen LogP contribution in [0.25, 0.3) is 27.1 Å². The number of nitrogens with one attached hydrogen (secondary N) is 2. The van der Waals surface area contributed by atoms with Crippen LogP contribution >= 0.6 is 0 Å². The van der Waals surface area contributed by atoms with Crippen LogP contribution in [0.4, 0.5) is 11.5 Å². The predicted molar refractivity (Wildman–Crippen MR) is 115 cm³/mol. The summed E-state index contributed by atoms with van der Waals surface area (Å²) in [4.78, 5) is 28.4. The first-order valence-electron chi connectivity index (χ1n) is 9.42. The Hall–Kier alpha value is -4.38. The molecule has 0 aliphatic carbocycles. The Morgan fingerprint density at radius 1 is 1.17 bits per heavy atom. The highest BCUT2D eigenvalue weighted by Gasteiger charge is 2.19. The molecular formula is C22H17N7O. The zero-order chi connectivity index (χ0) is 20.7. The normalized spacial score (nSPS) is 12.1. The summed E-state index contributed by atoms with van der Waals surface area (Å²) in [6, 6.07) is 15.0. The summed E-state index contributed by atoms with van der Waals surface area (Å²) in [5.41, 5.74) is 3.26. The number of rotatable bonds is 4.